The number of para-hydroxylation sites is 1. The molecule has 0 fully saturated rings. The third kappa shape index (κ3) is 7.07. The summed E-state index contributed by atoms with van der Waals surface area (Å²) >= 11 is 0. The predicted molar refractivity (Wildman–Crippen MR) is 114 cm³/mol. The van der Waals surface area contributed by atoms with E-state index in [2.05, 4.69) is 15.4 Å². The molecule has 0 saturated heterocycles. The van der Waals surface area contributed by atoms with Gasteiger partial charge in [0.1, 0.15) is 11.8 Å². The van der Waals surface area contributed by atoms with Crippen LogP contribution >= 0.6 is 0 Å². The Labute approximate surface area is 172 Å². The molecular formula is C21H29N3O4S. The Hall–Kier alpha value is -2.58. The first-order valence-corrected chi connectivity index (χ1v) is 11.0. The van der Waals surface area contributed by atoms with Crippen molar-refractivity contribution in [2.24, 2.45) is 5.92 Å². The van der Waals surface area contributed by atoms with Crippen LogP contribution in [0.1, 0.15) is 20.3 Å². The molecule has 158 valence electrons. The number of sulfonamides is 1. The lowest BCUT2D eigenvalue weighted by Crippen LogP contribution is -2.49. The zero-order valence-corrected chi connectivity index (χ0v) is 17.8. The van der Waals surface area contributed by atoms with Crippen LogP contribution in [0.25, 0.3) is 0 Å². The first-order valence-electron chi connectivity index (χ1n) is 9.56. The summed E-state index contributed by atoms with van der Waals surface area (Å²) in [5.41, 5.74) is 1.02. The fourth-order valence-electron chi connectivity index (χ4n) is 2.68. The first-order chi connectivity index (χ1) is 13.8. The Morgan fingerprint density at radius 3 is 2.24 bits per heavy atom. The first kappa shape index (κ1) is 22.7. The Morgan fingerprint density at radius 1 is 1.00 bits per heavy atom. The minimum atomic E-state index is -3.82. The van der Waals surface area contributed by atoms with E-state index in [1.54, 1.807) is 26.0 Å². The van der Waals surface area contributed by atoms with Crippen molar-refractivity contribution in [3.8, 4) is 5.75 Å². The van der Waals surface area contributed by atoms with Gasteiger partial charge in [0.15, 0.2) is 0 Å². The summed E-state index contributed by atoms with van der Waals surface area (Å²) in [6, 6.07) is 15.0. The summed E-state index contributed by atoms with van der Waals surface area (Å²) in [4.78, 5) is 12.6. The maximum Gasteiger partial charge on any atom is 0.241 e. The second kappa shape index (κ2) is 10.8. The lowest BCUT2D eigenvalue weighted by molar-refractivity contribution is -0.123. The van der Waals surface area contributed by atoms with E-state index in [9.17, 15) is 13.2 Å². The van der Waals surface area contributed by atoms with Crippen molar-refractivity contribution in [2.45, 2.75) is 31.2 Å². The van der Waals surface area contributed by atoms with Gasteiger partial charge in [-0.3, -0.25) is 4.79 Å². The molecule has 7 nitrogen and oxygen atoms in total. The number of rotatable bonds is 11. The Kier molecular flexibility index (Phi) is 8.48. The van der Waals surface area contributed by atoms with E-state index >= 15 is 0 Å². The predicted octanol–water partition coefficient (Wildman–Crippen LogP) is 2.62. The topological polar surface area (TPSA) is 96.5 Å². The molecule has 8 heteroatoms. The average Bonchev–Trinajstić information content (AvgIpc) is 2.72. The van der Waals surface area contributed by atoms with Gasteiger partial charge in [0.25, 0.3) is 0 Å². The molecule has 0 unspecified atom stereocenters. The number of hydrogen-bond donors (Lipinski definition) is 3. The molecule has 0 spiro atoms. The van der Waals surface area contributed by atoms with Crippen LogP contribution in [0.5, 0.6) is 5.75 Å². The SMILES string of the molecule is COc1ccc(S(=O)(=O)N[C@H](C(=O)NCCCNc2ccccc2)C(C)C)cc1. The summed E-state index contributed by atoms with van der Waals surface area (Å²) in [6.45, 7) is 4.76. The summed E-state index contributed by atoms with van der Waals surface area (Å²) in [5, 5.41) is 6.08. The van der Waals surface area contributed by atoms with E-state index in [0.717, 1.165) is 12.1 Å². The average molecular weight is 420 g/mol. The quantitative estimate of drug-likeness (QED) is 0.487. The molecule has 0 aliphatic rings. The number of carbonyl (C=O) groups is 1. The van der Waals surface area contributed by atoms with Crippen molar-refractivity contribution in [3.05, 3.63) is 54.6 Å². The largest absolute Gasteiger partial charge is 0.497 e. The van der Waals surface area contributed by atoms with Gasteiger partial charge in [-0.2, -0.15) is 4.72 Å². The molecule has 0 saturated carbocycles. The highest BCUT2D eigenvalue weighted by molar-refractivity contribution is 7.89. The van der Waals surface area contributed by atoms with E-state index < -0.39 is 16.1 Å². The van der Waals surface area contributed by atoms with E-state index in [-0.39, 0.29) is 16.7 Å². The molecular weight excluding hydrogens is 390 g/mol. The molecule has 0 heterocycles. The fourth-order valence-corrected chi connectivity index (χ4v) is 4.03. The van der Waals surface area contributed by atoms with Gasteiger partial charge in [-0.05, 0) is 48.7 Å². The molecule has 0 radical (unpaired) electrons. The number of carbonyl (C=O) groups excluding carboxylic acids is 1. The van der Waals surface area contributed by atoms with Crippen LogP contribution in [-0.4, -0.2) is 40.6 Å². The minimum absolute atomic E-state index is 0.0869. The van der Waals surface area contributed by atoms with Crippen LogP contribution in [0.2, 0.25) is 0 Å². The highest BCUT2D eigenvalue weighted by Gasteiger charge is 2.28. The van der Waals surface area contributed by atoms with Gasteiger partial charge in [0.2, 0.25) is 15.9 Å². The van der Waals surface area contributed by atoms with Crippen LogP contribution in [0.3, 0.4) is 0 Å². The van der Waals surface area contributed by atoms with E-state index in [0.29, 0.717) is 18.8 Å². The van der Waals surface area contributed by atoms with E-state index in [4.69, 9.17) is 4.74 Å². The minimum Gasteiger partial charge on any atom is -0.497 e. The summed E-state index contributed by atoms with van der Waals surface area (Å²) < 4.78 is 32.8. The van der Waals surface area contributed by atoms with Crippen molar-refractivity contribution in [3.63, 3.8) is 0 Å². The monoisotopic (exact) mass is 419 g/mol. The summed E-state index contributed by atoms with van der Waals surface area (Å²) in [5.74, 6) is 0.0217. The fraction of sp³-hybridized carbons (Fsp3) is 0.381. The van der Waals surface area contributed by atoms with Gasteiger partial charge in [-0.1, -0.05) is 32.0 Å². The van der Waals surface area contributed by atoms with Crippen LogP contribution in [0.15, 0.2) is 59.5 Å². The van der Waals surface area contributed by atoms with E-state index in [1.165, 1.54) is 19.2 Å². The van der Waals surface area contributed by atoms with Crippen molar-refractivity contribution in [1.29, 1.82) is 0 Å². The number of anilines is 1. The van der Waals surface area contributed by atoms with Gasteiger partial charge < -0.3 is 15.4 Å². The Bertz CT molecular complexity index is 869. The van der Waals surface area contributed by atoms with Crippen molar-refractivity contribution in [1.82, 2.24) is 10.0 Å². The zero-order valence-electron chi connectivity index (χ0n) is 17.0. The van der Waals surface area contributed by atoms with Crippen molar-refractivity contribution in [2.75, 3.05) is 25.5 Å². The van der Waals surface area contributed by atoms with Gasteiger partial charge in [-0.15, -0.1) is 0 Å². The molecule has 0 aromatic heterocycles. The number of benzene rings is 2. The maximum atomic E-state index is 12.6. The molecule has 1 amide bonds. The van der Waals surface area contributed by atoms with Crippen LogP contribution in [-0.2, 0) is 14.8 Å². The second-order valence-corrected chi connectivity index (χ2v) is 8.67. The van der Waals surface area contributed by atoms with E-state index in [1.807, 2.05) is 30.3 Å². The molecule has 29 heavy (non-hydrogen) atoms. The van der Waals surface area contributed by atoms with Gasteiger partial charge >= 0.3 is 0 Å². The van der Waals surface area contributed by atoms with Crippen LogP contribution in [0.4, 0.5) is 5.69 Å². The van der Waals surface area contributed by atoms with Crippen molar-refractivity contribution < 1.29 is 17.9 Å². The third-order valence-electron chi connectivity index (χ3n) is 4.36. The van der Waals surface area contributed by atoms with Crippen molar-refractivity contribution >= 4 is 21.6 Å². The van der Waals surface area contributed by atoms with Gasteiger partial charge in [0, 0.05) is 18.8 Å². The molecule has 1 atom stereocenters. The highest BCUT2D eigenvalue weighted by atomic mass is 32.2. The summed E-state index contributed by atoms with van der Waals surface area (Å²) in [7, 11) is -2.31. The lowest BCUT2D eigenvalue weighted by atomic mass is 10.1. The zero-order chi connectivity index (χ0) is 21.3. The molecule has 2 aromatic rings. The molecule has 0 aliphatic carbocycles. The number of nitrogens with one attached hydrogen (secondary N) is 3. The number of amides is 1. The number of hydrogen-bond acceptors (Lipinski definition) is 5. The highest BCUT2D eigenvalue weighted by Crippen LogP contribution is 2.16. The smallest absolute Gasteiger partial charge is 0.241 e. The Balaban J connectivity index is 1.87. The third-order valence-corrected chi connectivity index (χ3v) is 5.81. The standard InChI is InChI=1S/C21H29N3O4S/c1-16(2)20(24-29(26,27)19-12-10-18(28-3)11-13-19)21(25)23-15-7-14-22-17-8-5-4-6-9-17/h4-6,8-13,16,20,22,24H,7,14-15H2,1-3H3,(H,23,25)/t20-/m0/s1. The molecule has 2 aromatic carbocycles. The van der Waals surface area contributed by atoms with Gasteiger partial charge in [0.05, 0.1) is 12.0 Å². The number of methoxy groups -OCH3 is 1. The second-order valence-electron chi connectivity index (χ2n) is 6.96. The van der Waals surface area contributed by atoms with Gasteiger partial charge in [-0.25, -0.2) is 8.42 Å². The number of ether oxygens (including phenoxy) is 1. The molecule has 2 rings (SSSR count). The normalized spacial score (nSPS) is 12.4. The lowest BCUT2D eigenvalue weighted by Gasteiger charge is -2.21. The molecule has 0 bridgehead atoms. The Morgan fingerprint density at radius 2 is 1.66 bits per heavy atom. The van der Waals surface area contributed by atoms with Crippen LogP contribution < -0.4 is 20.1 Å². The summed E-state index contributed by atoms with van der Waals surface area (Å²) in [6.07, 6.45) is 0.719. The maximum absolute atomic E-state index is 12.6. The molecule has 3 N–H and O–H groups in total. The molecule has 0 aliphatic heterocycles. The van der Waals surface area contributed by atoms with Crippen LogP contribution in [0, 0.1) is 5.92 Å².